The second kappa shape index (κ2) is 8.24. The summed E-state index contributed by atoms with van der Waals surface area (Å²) in [6.07, 6.45) is 3.91. The summed E-state index contributed by atoms with van der Waals surface area (Å²) in [4.78, 5) is 20.5. The van der Waals surface area contributed by atoms with Crippen LogP contribution in [0.2, 0.25) is 0 Å². The van der Waals surface area contributed by atoms with Gasteiger partial charge in [-0.2, -0.15) is 0 Å². The highest BCUT2D eigenvalue weighted by Gasteiger charge is 2.09. The third kappa shape index (κ3) is 5.03. The standard InChI is InChI=1S/C17H22N4O2/c1-12-5-6-15(13(2)9-12)21-16(22)14-10-19-17(20-11-14)18-7-4-8-23-3/h5-6,9-11H,4,7-8H2,1-3H3,(H,21,22)(H,18,19,20). The second-order valence-corrected chi connectivity index (χ2v) is 5.34. The summed E-state index contributed by atoms with van der Waals surface area (Å²) in [5.74, 6) is 0.284. The van der Waals surface area contributed by atoms with Gasteiger partial charge in [0.1, 0.15) is 0 Å². The molecule has 2 N–H and O–H groups in total. The molecule has 0 aliphatic carbocycles. The third-order valence-corrected chi connectivity index (χ3v) is 3.35. The number of carbonyl (C=O) groups is 1. The van der Waals surface area contributed by atoms with E-state index in [1.54, 1.807) is 7.11 Å². The van der Waals surface area contributed by atoms with Crippen LogP contribution in [0, 0.1) is 13.8 Å². The Morgan fingerprint density at radius 2 is 1.96 bits per heavy atom. The molecular formula is C17H22N4O2. The molecule has 0 spiro atoms. The number of benzene rings is 1. The highest BCUT2D eigenvalue weighted by atomic mass is 16.5. The zero-order valence-corrected chi connectivity index (χ0v) is 13.7. The van der Waals surface area contributed by atoms with Gasteiger partial charge < -0.3 is 15.4 Å². The van der Waals surface area contributed by atoms with Crippen LogP contribution in [0.5, 0.6) is 0 Å². The number of nitrogens with one attached hydrogen (secondary N) is 2. The number of methoxy groups -OCH3 is 1. The minimum atomic E-state index is -0.220. The van der Waals surface area contributed by atoms with Crippen molar-refractivity contribution in [1.82, 2.24) is 9.97 Å². The first-order chi connectivity index (χ1) is 11.1. The molecule has 0 atom stereocenters. The molecule has 0 saturated carbocycles. The topological polar surface area (TPSA) is 76.1 Å². The average Bonchev–Trinajstić information content (AvgIpc) is 2.55. The molecule has 0 bridgehead atoms. The SMILES string of the molecule is COCCCNc1ncc(C(=O)Nc2ccc(C)cc2C)cn1. The molecule has 1 aromatic carbocycles. The molecule has 6 nitrogen and oxygen atoms in total. The number of amides is 1. The Morgan fingerprint density at radius 3 is 2.61 bits per heavy atom. The van der Waals surface area contributed by atoms with Crippen molar-refractivity contribution >= 4 is 17.5 Å². The van der Waals surface area contributed by atoms with Crippen LogP contribution >= 0.6 is 0 Å². The van der Waals surface area contributed by atoms with Gasteiger partial charge >= 0.3 is 0 Å². The number of aryl methyl sites for hydroxylation is 2. The Bertz CT molecular complexity index is 656. The number of aromatic nitrogens is 2. The summed E-state index contributed by atoms with van der Waals surface area (Å²) in [7, 11) is 1.67. The van der Waals surface area contributed by atoms with Crippen LogP contribution in [0.15, 0.2) is 30.6 Å². The molecule has 122 valence electrons. The number of ether oxygens (including phenoxy) is 1. The lowest BCUT2D eigenvalue weighted by atomic mass is 10.1. The molecule has 1 amide bonds. The second-order valence-electron chi connectivity index (χ2n) is 5.34. The molecule has 0 radical (unpaired) electrons. The van der Waals surface area contributed by atoms with E-state index in [4.69, 9.17) is 4.74 Å². The van der Waals surface area contributed by atoms with Crippen LogP contribution in [0.25, 0.3) is 0 Å². The third-order valence-electron chi connectivity index (χ3n) is 3.35. The quantitative estimate of drug-likeness (QED) is 0.769. The molecule has 0 aliphatic rings. The van der Waals surface area contributed by atoms with Crippen molar-refractivity contribution in [2.24, 2.45) is 0 Å². The van der Waals surface area contributed by atoms with E-state index in [1.165, 1.54) is 12.4 Å². The van der Waals surface area contributed by atoms with Crippen LogP contribution in [0.1, 0.15) is 27.9 Å². The highest BCUT2D eigenvalue weighted by molar-refractivity contribution is 6.04. The fourth-order valence-electron chi connectivity index (χ4n) is 2.10. The summed E-state index contributed by atoms with van der Waals surface area (Å²) in [5, 5.41) is 5.95. The Balaban J connectivity index is 1.94. The fraction of sp³-hybridized carbons (Fsp3) is 0.353. The zero-order chi connectivity index (χ0) is 16.7. The van der Waals surface area contributed by atoms with Crippen molar-refractivity contribution in [2.45, 2.75) is 20.3 Å². The van der Waals surface area contributed by atoms with Gasteiger partial charge in [0.2, 0.25) is 5.95 Å². The molecule has 2 aromatic rings. The van der Waals surface area contributed by atoms with Crippen molar-refractivity contribution in [1.29, 1.82) is 0 Å². The van der Waals surface area contributed by atoms with Crippen LogP contribution in [-0.4, -0.2) is 36.1 Å². The number of carbonyl (C=O) groups excluding carboxylic acids is 1. The van der Waals surface area contributed by atoms with Crippen molar-refractivity contribution in [3.8, 4) is 0 Å². The van der Waals surface area contributed by atoms with Crippen molar-refractivity contribution in [2.75, 3.05) is 30.9 Å². The van der Waals surface area contributed by atoms with E-state index in [2.05, 4.69) is 20.6 Å². The van der Waals surface area contributed by atoms with Gasteiger partial charge in [-0.1, -0.05) is 17.7 Å². The Kier molecular flexibility index (Phi) is 6.05. The van der Waals surface area contributed by atoms with Gasteiger partial charge in [-0.05, 0) is 31.9 Å². The Labute approximate surface area is 136 Å². The minimum absolute atomic E-state index is 0.220. The number of rotatable bonds is 7. The van der Waals surface area contributed by atoms with Crippen molar-refractivity contribution < 1.29 is 9.53 Å². The monoisotopic (exact) mass is 314 g/mol. The van der Waals surface area contributed by atoms with Gasteiger partial charge in [-0.3, -0.25) is 4.79 Å². The van der Waals surface area contributed by atoms with Gasteiger partial charge in [0, 0.05) is 38.3 Å². The summed E-state index contributed by atoms with van der Waals surface area (Å²) in [6.45, 7) is 5.39. The van der Waals surface area contributed by atoms with E-state index in [9.17, 15) is 4.79 Å². The Hall–Kier alpha value is -2.47. The average molecular weight is 314 g/mol. The highest BCUT2D eigenvalue weighted by Crippen LogP contribution is 2.17. The first-order valence-electron chi connectivity index (χ1n) is 7.53. The molecule has 1 aromatic heterocycles. The number of anilines is 2. The van der Waals surface area contributed by atoms with E-state index in [0.717, 1.165) is 29.8 Å². The molecule has 0 saturated heterocycles. The summed E-state index contributed by atoms with van der Waals surface area (Å²) in [6, 6.07) is 5.89. The predicted molar refractivity (Wildman–Crippen MR) is 90.9 cm³/mol. The van der Waals surface area contributed by atoms with E-state index < -0.39 is 0 Å². The lowest BCUT2D eigenvalue weighted by molar-refractivity contribution is 0.102. The van der Waals surface area contributed by atoms with Crippen LogP contribution in [0.3, 0.4) is 0 Å². The molecule has 0 fully saturated rings. The van der Waals surface area contributed by atoms with E-state index in [0.29, 0.717) is 18.1 Å². The normalized spacial score (nSPS) is 10.4. The van der Waals surface area contributed by atoms with Gasteiger partial charge in [-0.25, -0.2) is 9.97 Å². The summed E-state index contributed by atoms with van der Waals surface area (Å²) < 4.78 is 4.97. The maximum Gasteiger partial charge on any atom is 0.258 e. The maximum atomic E-state index is 12.2. The van der Waals surface area contributed by atoms with Crippen LogP contribution in [0.4, 0.5) is 11.6 Å². The molecule has 1 heterocycles. The molecule has 2 rings (SSSR count). The lowest BCUT2D eigenvalue weighted by Crippen LogP contribution is -2.14. The number of hydrogen-bond donors (Lipinski definition) is 2. The van der Waals surface area contributed by atoms with Gasteiger partial charge in [0.15, 0.2) is 0 Å². The van der Waals surface area contributed by atoms with Crippen LogP contribution in [-0.2, 0) is 4.74 Å². The van der Waals surface area contributed by atoms with E-state index >= 15 is 0 Å². The fourth-order valence-corrected chi connectivity index (χ4v) is 2.10. The minimum Gasteiger partial charge on any atom is -0.385 e. The first kappa shape index (κ1) is 16.9. The molecule has 0 unspecified atom stereocenters. The van der Waals surface area contributed by atoms with E-state index in [1.807, 2.05) is 32.0 Å². The van der Waals surface area contributed by atoms with Gasteiger partial charge in [-0.15, -0.1) is 0 Å². The largest absolute Gasteiger partial charge is 0.385 e. The first-order valence-corrected chi connectivity index (χ1v) is 7.53. The van der Waals surface area contributed by atoms with Gasteiger partial charge in [0.25, 0.3) is 5.91 Å². The van der Waals surface area contributed by atoms with Crippen molar-refractivity contribution in [3.63, 3.8) is 0 Å². The number of hydrogen-bond acceptors (Lipinski definition) is 5. The number of nitrogens with zero attached hydrogens (tertiary/aromatic N) is 2. The van der Waals surface area contributed by atoms with E-state index in [-0.39, 0.29) is 5.91 Å². The summed E-state index contributed by atoms with van der Waals surface area (Å²) in [5.41, 5.74) is 3.40. The predicted octanol–water partition coefficient (Wildman–Crippen LogP) is 2.79. The zero-order valence-electron chi connectivity index (χ0n) is 13.7. The lowest BCUT2D eigenvalue weighted by Gasteiger charge is -2.09. The van der Waals surface area contributed by atoms with Crippen molar-refractivity contribution in [3.05, 3.63) is 47.3 Å². The van der Waals surface area contributed by atoms with Crippen LogP contribution < -0.4 is 10.6 Å². The molecular weight excluding hydrogens is 292 g/mol. The maximum absolute atomic E-state index is 12.2. The smallest absolute Gasteiger partial charge is 0.258 e. The Morgan fingerprint density at radius 1 is 1.22 bits per heavy atom. The van der Waals surface area contributed by atoms with Gasteiger partial charge in [0.05, 0.1) is 5.56 Å². The molecule has 0 aliphatic heterocycles. The molecule has 6 heteroatoms. The molecule has 23 heavy (non-hydrogen) atoms. The summed E-state index contributed by atoms with van der Waals surface area (Å²) >= 11 is 0.